The van der Waals surface area contributed by atoms with E-state index in [-0.39, 0.29) is 24.0 Å². The van der Waals surface area contributed by atoms with Crippen molar-refractivity contribution in [2.75, 3.05) is 38.3 Å². The Morgan fingerprint density at radius 3 is 2.63 bits per heavy atom. The molecule has 0 spiro atoms. The summed E-state index contributed by atoms with van der Waals surface area (Å²) in [4.78, 5) is 15.4. The van der Waals surface area contributed by atoms with Crippen molar-refractivity contribution in [3.05, 3.63) is 41.2 Å². The minimum atomic E-state index is 0. The van der Waals surface area contributed by atoms with Crippen LogP contribution in [0.1, 0.15) is 22.9 Å². The van der Waals surface area contributed by atoms with Crippen LogP contribution in [0.4, 0.5) is 5.82 Å². The summed E-state index contributed by atoms with van der Waals surface area (Å²) < 4.78 is 11.0. The van der Waals surface area contributed by atoms with Crippen molar-refractivity contribution in [1.29, 1.82) is 0 Å². The number of nitrogens with one attached hydrogen (secondary N) is 2. The molecule has 2 aromatic rings. The predicted octanol–water partition coefficient (Wildman–Crippen LogP) is 2.01. The van der Waals surface area contributed by atoms with E-state index in [9.17, 15) is 0 Å². The van der Waals surface area contributed by atoms with E-state index in [0.717, 1.165) is 49.1 Å². The molecule has 2 N–H and O–H groups in total. The Morgan fingerprint density at radius 2 is 1.96 bits per heavy atom. The highest BCUT2D eigenvalue weighted by Gasteiger charge is 2.16. The van der Waals surface area contributed by atoms with Crippen LogP contribution in [0.3, 0.4) is 0 Å². The van der Waals surface area contributed by atoms with Crippen LogP contribution in [-0.2, 0) is 17.8 Å². The number of morpholine rings is 1. The van der Waals surface area contributed by atoms with Crippen LogP contribution < -0.4 is 15.5 Å². The first-order valence-electron chi connectivity index (χ1n) is 8.81. The van der Waals surface area contributed by atoms with E-state index in [4.69, 9.17) is 9.15 Å². The number of rotatable bonds is 5. The molecule has 27 heavy (non-hydrogen) atoms. The van der Waals surface area contributed by atoms with Gasteiger partial charge in [-0.15, -0.1) is 24.0 Å². The smallest absolute Gasteiger partial charge is 0.214 e. The third kappa shape index (κ3) is 5.80. The standard InChI is InChI=1S/C18H26N6O2.HI/c1-13-14(2)26-16(23-13)12-22-18(19-3)21-11-15-5-4-6-20-17(15)24-7-9-25-10-8-24;/h4-6H,7-12H2,1-3H3,(H2,19,21,22);1H. The average molecular weight is 486 g/mol. The number of hydrogen-bond donors (Lipinski definition) is 2. The van der Waals surface area contributed by atoms with Crippen molar-refractivity contribution in [3.63, 3.8) is 0 Å². The number of pyridine rings is 1. The molecule has 1 aliphatic heterocycles. The minimum Gasteiger partial charge on any atom is -0.444 e. The lowest BCUT2D eigenvalue weighted by Crippen LogP contribution is -2.39. The molecule has 3 rings (SSSR count). The topological polar surface area (TPSA) is 87.8 Å². The molecule has 0 aromatic carbocycles. The maximum atomic E-state index is 5.59. The number of halogens is 1. The molecule has 0 atom stereocenters. The van der Waals surface area contributed by atoms with Gasteiger partial charge in [0, 0.05) is 38.4 Å². The van der Waals surface area contributed by atoms with Gasteiger partial charge >= 0.3 is 0 Å². The van der Waals surface area contributed by atoms with Gasteiger partial charge in [0.2, 0.25) is 5.89 Å². The van der Waals surface area contributed by atoms with Gasteiger partial charge in [-0.25, -0.2) is 9.97 Å². The molecule has 148 valence electrons. The monoisotopic (exact) mass is 486 g/mol. The SMILES string of the molecule is CN=C(NCc1nc(C)c(C)o1)NCc1cccnc1N1CCOCC1.I. The summed E-state index contributed by atoms with van der Waals surface area (Å²) >= 11 is 0. The Bertz CT molecular complexity index is 739. The number of aromatic nitrogens is 2. The van der Waals surface area contributed by atoms with E-state index >= 15 is 0 Å². The molecule has 0 saturated carbocycles. The van der Waals surface area contributed by atoms with Crippen LogP contribution in [0.2, 0.25) is 0 Å². The van der Waals surface area contributed by atoms with E-state index in [2.05, 4.69) is 36.6 Å². The van der Waals surface area contributed by atoms with Gasteiger partial charge in [-0.2, -0.15) is 0 Å². The summed E-state index contributed by atoms with van der Waals surface area (Å²) in [6.45, 7) is 8.16. The van der Waals surface area contributed by atoms with Crippen LogP contribution in [0.5, 0.6) is 0 Å². The molecule has 1 fully saturated rings. The highest BCUT2D eigenvalue weighted by atomic mass is 127. The first-order chi connectivity index (χ1) is 12.7. The molecule has 9 heteroatoms. The van der Waals surface area contributed by atoms with Crippen molar-refractivity contribution in [2.24, 2.45) is 4.99 Å². The number of hydrogen-bond acceptors (Lipinski definition) is 6. The Labute approximate surface area is 176 Å². The fraction of sp³-hybridized carbons (Fsp3) is 0.500. The molecular formula is C18H27IN6O2. The second kappa shape index (κ2) is 10.5. The highest BCUT2D eigenvalue weighted by molar-refractivity contribution is 14.0. The van der Waals surface area contributed by atoms with E-state index in [1.165, 1.54) is 0 Å². The third-order valence-electron chi connectivity index (χ3n) is 4.33. The molecule has 1 saturated heterocycles. The molecule has 0 unspecified atom stereocenters. The highest BCUT2D eigenvalue weighted by Crippen LogP contribution is 2.18. The summed E-state index contributed by atoms with van der Waals surface area (Å²) in [5.41, 5.74) is 2.04. The van der Waals surface area contributed by atoms with Crippen molar-refractivity contribution < 1.29 is 9.15 Å². The Hall–Kier alpha value is -1.88. The van der Waals surface area contributed by atoms with E-state index < -0.39 is 0 Å². The van der Waals surface area contributed by atoms with Gasteiger partial charge in [-0.3, -0.25) is 4.99 Å². The van der Waals surface area contributed by atoms with Crippen molar-refractivity contribution >= 4 is 35.8 Å². The molecule has 0 radical (unpaired) electrons. The zero-order valence-electron chi connectivity index (χ0n) is 16.0. The van der Waals surface area contributed by atoms with Gasteiger partial charge in [-0.1, -0.05) is 6.07 Å². The van der Waals surface area contributed by atoms with Crippen LogP contribution in [0.15, 0.2) is 27.7 Å². The number of aryl methyl sites for hydroxylation is 2. The summed E-state index contributed by atoms with van der Waals surface area (Å²) in [7, 11) is 1.74. The van der Waals surface area contributed by atoms with Crippen LogP contribution in [0, 0.1) is 13.8 Å². The molecule has 8 nitrogen and oxygen atoms in total. The molecule has 3 heterocycles. The second-order valence-electron chi connectivity index (χ2n) is 6.11. The predicted molar refractivity (Wildman–Crippen MR) is 116 cm³/mol. The maximum Gasteiger partial charge on any atom is 0.214 e. The fourth-order valence-electron chi connectivity index (χ4n) is 2.80. The molecule has 1 aliphatic rings. The minimum absolute atomic E-state index is 0. The zero-order valence-corrected chi connectivity index (χ0v) is 18.3. The van der Waals surface area contributed by atoms with Crippen LogP contribution in [0.25, 0.3) is 0 Å². The zero-order chi connectivity index (χ0) is 18.4. The summed E-state index contributed by atoms with van der Waals surface area (Å²) in [6.07, 6.45) is 1.83. The first kappa shape index (κ1) is 21.4. The van der Waals surface area contributed by atoms with Gasteiger partial charge in [0.15, 0.2) is 5.96 Å². The largest absolute Gasteiger partial charge is 0.444 e. The number of oxazole rings is 1. The maximum absolute atomic E-state index is 5.59. The summed E-state index contributed by atoms with van der Waals surface area (Å²) in [6, 6.07) is 4.04. The average Bonchev–Trinajstić information content (AvgIpc) is 3.00. The Balaban J connectivity index is 0.00000261. The number of aliphatic imine (C=N–C) groups is 1. The van der Waals surface area contributed by atoms with Gasteiger partial charge in [0.1, 0.15) is 11.6 Å². The molecular weight excluding hydrogens is 459 g/mol. The number of nitrogens with zero attached hydrogens (tertiary/aromatic N) is 4. The van der Waals surface area contributed by atoms with E-state index in [0.29, 0.717) is 24.9 Å². The van der Waals surface area contributed by atoms with Gasteiger partial charge in [0.25, 0.3) is 0 Å². The molecule has 0 aliphatic carbocycles. The quantitative estimate of drug-likeness (QED) is 0.380. The Kier molecular flexibility index (Phi) is 8.29. The molecule has 0 amide bonds. The molecule has 0 bridgehead atoms. The van der Waals surface area contributed by atoms with Crippen LogP contribution >= 0.6 is 24.0 Å². The number of anilines is 1. The Morgan fingerprint density at radius 1 is 1.22 bits per heavy atom. The van der Waals surface area contributed by atoms with E-state index in [1.807, 2.05) is 26.1 Å². The lowest BCUT2D eigenvalue weighted by atomic mass is 10.2. The van der Waals surface area contributed by atoms with Gasteiger partial charge in [-0.05, 0) is 19.9 Å². The lowest BCUT2D eigenvalue weighted by molar-refractivity contribution is 0.122. The van der Waals surface area contributed by atoms with Gasteiger partial charge < -0.3 is 24.7 Å². The van der Waals surface area contributed by atoms with Gasteiger partial charge in [0.05, 0.1) is 25.5 Å². The summed E-state index contributed by atoms with van der Waals surface area (Å²) in [5, 5.41) is 6.55. The molecule has 2 aromatic heterocycles. The first-order valence-corrected chi connectivity index (χ1v) is 8.81. The summed E-state index contributed by atoms with van der Waals surface area (Å²) in [5.74, 6) is 3.18. The van der Waals surface area contributed by atoms with Crippen molar-refractivity contribution in [2.45, 2.75) is 26.9 Å². The fourth-order valence-corrected chi connectivity index (χ4v) is 2.80. The second-order valence-corrected chi connectivity index (χ2v) is 6.11. The number of ether oxygens (including phenoxy) is 1. The normalized spacial score (nSPS) is 14.6. The third-order valence-corrected chi connectivity index (χ3v) is 4.33. The number of guanidine groups is 1. The van der Waals surface area contributed by atoms with Crippen molar-refractivity contribution in [1.82, 2.24) is 20.6 Å². The van der Waals surface area contributed by atoms with Crippen LogP contribution in [-0.4, -0.2) is 49.3 Å². The van der Waals surface area contributed by atoms with E-state index in [1.54, 1.807) is 7.05 Å². The van der Waals surface area contributed by atoms with Crippen molar-refractivity contribution in [3.8, 4) is 0 Å². The lowest BCUT2D eigenvalue weighted by Gasteiger charge is -2.29.